The molecule has 144 valence electrons. The summed E-state index contributed by atoms with van der Waals surface area (Å²) >= 11 is 3.40. The summed E-state index contributed by atoms with van der Waals surface area (Å²) in [6.45, 7) is 2.58. The van der Waals surface area contributed by atoms with Gasteiger partial charge in [-0.1, -0.05) is 35.0 Å². The Balaban J connectivity index is 2.03. The Kier molecular flexibility index (Phi) is 7.85. The predicted octanol–water partition coefficient (Wildman–Crippen LogP) is 4.51. The van der Waals surface area contributed by atoms with E-state index >= 15 is 0 Å². The minimum Gasteiger partial charge on any atom is -0.493 e. The number of anilines is 1. The van der Waals surface area contributed by atoms with Crippen LogP contribution in [0.5, 0.6) is 5.75 Å². The van der Waals surface area contributed by atoms with Crippen LogP contribution in [-0.2, 0) is 11.2 Å². The van der Waals surface area contributed by atoms with E-state index < -0.39 is 0 Å². The van der Waals surface area contributed by atoms with E-state index in [0.717, 1.165) is 16.5 Å². The Morgan fingerprint density at radius 1 is 1.11 bits per heavy atom. The summed E-state index contributed by atoms with van der Waals surface area (Å²) in [7, 11) is 3.50. The van der Waals surface area contributed by atoms with E-state index in [4.69, 9.17) is 4.74 Å². The first-order chi connectivity index (χ1) is 12.9. The van der Waals surface area contributed by atoms with E-state index in [1.54, 1.807) is 31.1 Å². The van der Waals surface area contributed by atoms with Crippen LogP contribution in [0.15, 0.2) is 46.9 Å². The lowest BCUT2D eigenvalue weighted by Crippen LogP contribution is -2.21. The SMILES string of the molecule is CCCOc1ccc(Br)cc1C(=O)Nc1ccc(CCC(=O)N(C)C)cc1. The molecule has 2 aromatic rings. The van der Waals surface area contributed by atoms with Crippen molar-refractivity contribution in [1.29, 1.82) is 0 Å². The number of hydrogen-bond donors (Lipinski definition) is 1. The van der Waals surface area contributed by atoms with Gasteiger partial charge in [-0.2, -0.15) is 0 Å². The number of nitrogens with zero attached hydrogens (tertiary/aromatic N) is 1. The first kappa shape index (κ1) is 21.0. The molecule has 0 unspecified atom stereocenters. The van der Waals surface area contributed by atoms with Crippen molar-refractivity contribution >= 4 is 33.4 Å². The predicted molar refractivity (Wildman–Crippen MR) is 111 cm³/mol. The normalized spacial score (nSPS) is 10.4. The number of carbonyl (C=O) groups excluding carboxylic acids is 2. The molecule has 0 spiro atoms. The molecular weight excluding hydrogens is 408 g/mol. The van der Waals surface area contributed by atoms with Crippen molar-refractivity contribution in [3.05, 3.63) is 58.1 Å². The van der Waals surface area contributed by atoms with Crippen LogP contribution in [0.2, 0.25) is 0 Å². The van der Waals surface area contributed by atoms with Crippen LogP contribution in [0, 0.1) is 0 Å². The zero-order chi connectivity index (χ0) is 19.8. The zero-order valence-electron chi connectivity index (χ0n) is 15.9. The molecule has 0 fully saturated rings. The van der Waals surface area contributed by atoms with Gasteiger partial charge in [0.25, 0.3) is 5.91 Å². The van der Waals surface area contributed by atoms with Gasteiger partial charge in [-0.15, -0.1) is 0 Å². The van der Waals surface area contributed by atoms with E-state index in [-0.39, 0.29) is 11.8 Å². The maximum atomic E-state index is 12.7. The molecule has 2 amide bonds. The lowest BCUT2D eigenvalue weighted by Gasteiger charge is -2.12. The molecule has 1 N–H and O–H groups in total. The molecule has 0 aromatic heterocycles. The van der Waals surface area contributed by atoms with Crippen LogP contribution in [0.25, 0.3) is 0 Å². The van der Waals surface area contributed by atoms with Crippen molar-refractivity contribution in [2.45, 2.75) is 26.2 Å². The van der Waals surface area contributed by atoms with E-state index in [1.807, 2.05) is 37.3 Å². The largest absolute Gasteiger partial charge is 0.493 e. The van der Waals surface area contributed by atoms with Crippen LogP contribution in [0.3, 0.4) is 0 Å². The summed E-state index contributed by atoms with van der Waals surface area (Å²) in [6, 6.07) is 12.9. The zero-order valence-corrected chi connectivity index (χ0v) is 17.5. The highest BCUT2D eigenvalue weighted by Gasteiger charge is 2.14. The second-order valence-electron chi connectivity index (χ2n) is 6.43. The van der Waals surface area contributed by atoms with Gasteiger partial charge < -0.3 is 15.0 Å². The fourth-order valence-corrected chi connectivity index (χ4v) is 2.81. The second-order valence-corrected chi connectivity index (χ2v) is 7.34. The van der Waals surface area contributed by atoms with Gasteiger partial charge in [0.15, 0.2) is 0 Å². The highest BCUT2D eigenvalue weighted by molar-refractivity contribution is 9.10. The molecule has 2 aromatic carbocycles. The average molecular weight is 433 g/mol. The molecule has 27 heavy (non-hydrogen) atoms. The molecular formula is C21H25BrN2O3. The van der Waals surface area contributed by atoms with E-state index in [2.05, 4.69) is 21.2 Å². The number of aryl methyl sites for hydroxylation is 1. The third-order valence-corrected chi connectivity index (χ3v) is 4.48. The number of amides is 2. The molecule has 0 bridgehead atoms. The fraction of sp³-hybridized carbons (Fsp3) is 0.333. The summed E-state index contributed by atoms with van der Waals surface area (Å²) in [5.74, 6) is 0.441. The minimum atomic E-state index is -0.224. The standard InChI is InChI=1S/C21H25BrN2O3/c1-4-13-27-19-11-8-16(22)14-18(19)21(26)23-17-9-5-15(6-10-17)7-12-20(25)24(2)3/h5-6,8-11,14H,4,7,12-13H2,1-3H3,(H,23,26). The molecule has 0 saturated carbocycles. The smallest absolute Gasteiger partial charge is 0.259 e. The van der Waals surface area contributed by atoms with Crippen molar-refractivity contribution in [3.63, 3.8) is 0 Å². The number of rotatable bonds is 8. The maximum absolute atomic E-state index is 12.7. The van der Waals surface area contributed by atoms with Gasteiger partial charge in [0, 0.05) is 30.7 Å². The van der Waals surface area contributed by atoms with Gasteiger partial charge in [0.05, 0.1) is 12.2 Å². The van der Waals surface area contributed by atoms with Gasteiger partial charge in [-0.3, -0.25) is 9.59 Å². The number of carbonyl (C=O) groups is 2. The Hall–Kier alpha value is -2.34. The Bertz CT molecular complexity index is 789. The molecule has 0 aliphatic rings. The lowest BCUT2D eigenvalue weighted by molar-refractivity contribution is -0.128. The number of halogens is 1. The van der Waals surface area contributed by atoms with Gasteiger partial charge >= 0.3 is 0 Å². The maximum Gasteiger partial charge on any atom is 0.259 e. The van der Waals surface area contributed by atoms with Crippen molar-refractivity contribution in [2.24, 2.45) is 0 Å². The van der Waals surface area contributed by atoms with Gasteiger partial charge in [0.2, 0.25) is 5.91 Å². The van der Waals surface area contributed by atoms with Crippen molar-refractivity contribution in [3.8, 4) is 5.75 Å². The van der Waals surface area contributed by atoms with E-state index in [1.165, 1.54) is 0 Å². The molecule has 0 atom stereocenters. The van der Waals surface area contributed by atoms with Crippen LogP contribution < -0.4 is 10.1 Å². The molecule has 0 saturated heterocycles. The molecule has 6 heteroatoms. The van der Waals surface area contributed by atoms with Crippen LogP contribution in [0.4, 0.5) is 5.69 Å². The molecule has 0 aliphatic heterocycles. The van der Waals surface area contributed by atoms with Gasteiger partial charge in [-0.25, -0.2) is 0 Å². The topological polar surface area (TPSA) is 58.6 Å². The van der Waals surface area contributed by atoms with Crippen LogP contribution >= 0.6 is 15.9 Å². The first-order valence-corrected chi connectivity index (χ1v) is 9.72. The lowest BCUT2D eigenvalue weighted by atomic mass is 10.1. The molecule has 0 radical (unpaired) electrons. The summed E-state index contributed by atoms with van der Waals surface area (Å²) in [6.07, 6.45) is 2.01. The number of hydrogen-bond acceptors (Lipinski definition) is 3. The Morgan fingerprint density at radius 2 is 1.81 bits per heavy atom. The van der Waals surface area contributed by atoms with Crippen molar-refractivity contribution in [2.75, 3.05) is 26.0 Å². The Morgan fingerprint density at radius 3 is 2.44 bits per heavy atom. The van der Waals surface area contributed by atoms with E-state index in [0.29, 0.717) is 36.4 Å². The Labute approximate surface area is 168 Å². The van der Waals surface area contributed by atoms with Gasteiger partial charge in [-0.05, 0) is 48.7 Å². The highest BCUT2D eigenvalue weighted by atomic mass is 79.9. The van der Waals surface area contributed by atoms with Gasteiger partial charge in [0.1, 0.15) is 5.75 Å². The molecule has 0 heterocycles. The number of ether oxygens (including phenoxy) is 1. The minimum absolute atomic E-state index is 0.0987. The summed E-state index contributed by atoms with van der Waals surface area (Å²) < 4.78 is 6.49. The number of benzene rings is 2. The summed E-state index contributed by atoms with van der Waals surface area (Å²) in [4.78, 5) is 25.9. The fourth-order valence-electron chi connectivity index (χ4n) is 2.45. The summed E-state index contributed by atoms with van der Waals surface area (Å²) in [5, 5.41) is 2.90. The van der Waals surface area contributed by atoms with Crippen LogP contribution in [0.1, 0.15) is 35.7 Å². The number of nitrogens with one attached hydrogen (secondary N) is 1. The molecule has 5 nitrogen and oxygen atoms in total. The molecule has 0 aliphatic carbocycles. The highest BCUT2D eigenvalue weighted by Crippen LogP contribution is 2.25. The quantitative estimate of drug-likeness (QED) is 0.667. The summed E-state index contributed by atoms with van der Waals surface area (Å²) in [5.41, 5.74) is 2.24. The van der Waals surface area contributed by atoms with Crippen LogP contribution in [-0.4, -0.2) is 37.4 Å². The monoisotopic (exact) mass is 432 g/mol. The molecule has 2 rings (SSSR count). The van der Waals surface area contributed by atoms with Crippen molar-refractivity contribution in [1.82, 2.24) is 4.90 Å². The average Bonchev–Trinajstić information content (AvgIpc) is 2.66. The first-order valence-electron chi connectivity index (χ1n) is 8.93. The van der Waals surface area contributed by atoms with Crippen molar-refractivity contribution < 1.29 is 14.3 Å². The van der Waals surface area contributed by atoms with E-state index in [9.17, 15) is 9.59 Å². The second kappa shape index (κ2) is 10.1. The third-order valence-electron chi connectivity index (χ3n) is 3.99. The third kappa shape index (κ3) is 6.40.